The van der Waals surface area contributed by atoms with Gasteiger partial charge in [-0.05, 0) is 84.6 Å². The molecule has 10 N–H and O–H groups in total. The number of hydrogen-bond donors (Lipinski definition) is 10. The summed E-state index contributed by atoms with van der Waals surface area (Å²) in [6.45, 7) is 11.0. The van der Waals surface area contributed by atoms with Gasteiger partial charge in [-0.25, -0.2) is 0 Å². The summed E-state index contributed by atoms with van der Waals surface area (Å²) in [5.41, 5.74) is 0. The van der Waals surface area contributed by atoms with Crippen LogP contribution in [-0.2, 0) is 14.3 Å². The average molecular weight is 650 g/mol. The molecule has 268 valence electrons. The van der Waals surface area contributed by atoms with Crippen LogP contribution in [0.1, 0.15) is 90.4 Å². The molecular formula is C32H67N5O8. The van der Waals surface area contributed by atoms with E-state index in [4.69, 9.17) is 14.6 Å². The van der Waals surface area contributed by atoms with Crippen LogP contribution in [0.5, 0.6) is 0 Å². The summed E-state index contributed by atoms with van der Waals surface area (Å²) < 4.78 is 10.9. The van der Waals surface area contributed by atoms with Gasteiger partial charge in [0.25, 0.3) is 0 Å². The van der Waals surface area contributed by atoms with Crippen molar-refractivity contribution in [1.29, 1.82) is 0 Å². The first kappa shape index (κ1) is 42.1. The maximum Gasteiger partial charge on any atom is 0.303 e. The summed E-state index contributed by atoms with van der Waals surface area (Å²) in [5.74, 6) is -0.697. The molecule has 0 saturated carbocycles. The Morgan fingerprint density at radius 1 is 0.667 bits per heavy atom. The zero-order valence-electron chi connectivity index (χ0n) is 27.9. The predicted molar refractivity (Wildman–Crippen MR) is 176 cm³/mol. The van der Waals surface area contributed by atoms with Gasteiger partial charge in [-0.1, -0.05) is 32.1 Å². The van der Waals surface area contributed by atoms with E-state index in [1.54, 1.807) is 0 Å². The Morgan fingerprint density at radius 2 is 1.13 bits per heavy atom. The second-order valence-electron chi connectivity index (χ2n) is 12.2. The number of carbonyl (C=O) groups is 1. The first-order valence-electron chi connectivity index (χ1n) is 17.6. The zero-order chi connectivity index (χ0) is 33.0. The highest BCUT2D eigenvalue weighted by atomic mass is 16.7. The monoisotopic (exact) mass is 649 g/mol. The lowest BCUT2D eigenvalue weighted by molar-refractivity contribution is -0.301. The van der Waals surface area contributed by atoms with Gasteiger partial charge < -0.3 is 61.6 Å². The van der Waals surface area contributed by atoms with Crippen LogP contribution < -0.4 is 26.6 Å². The number of rotatable bonds is 32. The third kappa shape index (κ3) is 23.1. The minimum absolute atomic E-state index is 0.235. The van der Waals surface area contributed by atoms with E-state index in [1.165, 1.54) is 44.9 Å². The molecule has 0 spiro atoms. The second-order valence-corrected chi connectivity index (χ2v) is 12.2. The third-order valence-electron chi connectivity index (χ3n) is 8.11. The summed E-state index contributed by atoms with van der Waals surface area (Å²) in [5, 5.41) is 65.0. The highest BCUT2D eigenvalue weighted by molar-refractivity contribution is 5.66. The molecule has 0 amide bonds. The van der Waals surface area contributed by atoms with Crippen molar-refractivity contribution in [3.8, 4) is 0 Å². The van der Waals surface area contributed by atoms with Gasteiger partial charge in [-0.3, -0.25) is 4.79 Å². The van der Waals surface area contributed by atoms with Crippen LogP contribution in [0.2, 0.25) is 0 Å². The Bertz CT molecular complexity index is 681. The lowest BCUT2D eigenvalue weighted by atomic mass is 9.99. The van der Waals surface area contributed by atoms with Crippen molar-refractivity contribution in [2.24, 2.45) is 0 Å². The molecule has 0 aromatic heterocycles. The first-order chi connectivity index (χ1) is 21.9. The standard InChI is InChI=1S/C32H67N5O8/c1-26(14-24-44-32-31(43)30(42)29(41)27(25-38)45-32)37-19-12-5-4-10-18-35-21-23-36-22-20-34-17-9-3-2-8-15-33-16-11-6-7-13-28(39)40/h26-27,29-38,41-43H,2-25H2,1H3,(H,39,40)/t26?,27-,29-,30+,31+,32+/m1/s1. The van der Waals surface area contributed by atoms with Crippen LogP contribution in [0, 0.1) is 0 Å². The normalized spacial score (nSPS) is 22.6. The van der Waals surface area contributed by atoms with E-state index in [9.17, 15) is 25.2 Å². The molecule has 45 heavy (non-hydrogen) atoms. The van der Waals surface area contributed by atoms with Crippen molar-refractivity contribution in [3.63, 3.8) is 0 Å². The van der Waals surface area contributed by atoms with Crippen LogP contribution in [-0.4, -0.2) is 140 Å². The Balaban J connectivity index is 1.75. The molecular weight excluding hydrogens is 582 g/mol. The molecule has 1 saturated heterocycles. The van der Waals surface area contributed by atoms with Gasteiger partial charge >= 0.3 is 5.97 Å². The quantitative estimate of drug-likeness (QED) is 0.0447. The van der Waals surface area contributed by atoms with Gasteiger partial charge in [0.15, 0.2) is 6.29 Å². The lowest BCUT2D eigenvalue weighted by Crippen LogP contribution is -2.59. The summed E-state index contributed by atoms with van der Waals surface area (Å²) >= 11 is 0. The summed E-state index contributed by atoms with van der Waals surface area (Å²) in [6, 6.07) is 0.235. The fourth-order valence-corrected chi connectivity index (χ4v) is 5.16. The van der Waals surface area contributed by atoms with Crippen molar-refractivity contribution in [3.05, 3.63) is 0 Å². The fraction of sp³-hybridized carbons (Fsp3) is 0.969. The van der Waals surface area contributed by atoms with E-state index in [-0.39, 0.29) is 12.5 Å². The lowest BCUT2D eigenvalue weighted by Gasteiger charge is -2.39. The zero-order valence-corrected chi connectivity index (χ0v) is 27.9. The van der Waals surface area contributed by atoms with E-state index >= 15 is 0 Å². The van der Waals surface area contributed by atoms with Crippen LogP contribution in [0.4, 0.5) is 0 Å². The molecule has 0 aliphatic carbocycles. The minimum atomic E-state index is -1.41. The van der Waals surface area contributed by atoms with Crippen LogP contribution in [0.3, 0.4) is 0 Å². The van der Waals surface area contributed by atoms with E-state index in [2.05, 4.69) is 33.5 Å². The molecule has 1 rings (SSSR count). The topological polar surface area (TPSA) is 197 Å². The number of aliphatic hydroxyl groups is 4. The largest absolute Gasteiger partial charge is 0.481 e. The molecule has 13 nitrogen and oxygen atoms in total. The fourth-order valence-electron chi connectivity index (χ4n) is 5.16. The molecule has 0 bridgehead atoms. The van der Waals surface area contributed by atoms with Crippen molar-refractivity contribution in [2.45, 2.75) is 127 Å². The van der Waals surface area contributed by atoms with E-state index in [0.717, 1.165) is 84.6 Å². The number of unbranched alkanes of at least 4 members (excludes halogenated alkanes) is 8. The number of carboxylic acid groups (broad SMARTS) is 1. The Hall–Kier alpha value is -0.970. The maximum absolute atomic E-state index is 10.5. The number of carboxylic acids is 1. The Morgan fingerprint density at radius 3 is 1.64 bits per heavy atom. The van der Waals surface area contributed by atoms with Gasteiger partial charge in [0, 0.05) is 38.6 Å². The van der Waals surface area contributed by atoms with E-state index < -0.39 is 43.3 Å². The van der Waals surface area contributed by atoms with Crippen molar-refractivity contribution < 1.29 is 39.8 Å². The number of hydrogen-bond acceptors (Lipinski definition) is 12. The second kappa shape index (κ2) is 29.2. The third-order valence-corrected chi connectivity index (χ3v) is 8.11. The van der Waals surface area contributed by atoms with E-state index in [0.29, 0.717) is 13.0 Å². The summed E-state index contributed by atoms with van der Waals surface area (Å²) in [6.07, 6.45) is 7.28. The Kier molecular flexibility index (Phi) is 27.3. The van der Waals surface area contributed by atoms with E-state index in [1.807, 2.05) is 0 Å². The molecule has 0 aromatic rings. The summed E-state index contributed by atoms with van der Waals surface area (Å²) in [7, 11) is 0. The number of aliphatic carboxylic acids is 1. The average Bonchev–Trinajstić information content (AvgIpc) is 3.02. The van der Waals surface area contributed by atoms with Gasteiger partial charge in [0.1, 0.15) is 24.4 Å². The van der Waals surface area contributed by atoms with Gasteiger partial charge in [0.2, 0.25) is 0 Å². The molecule has 0 radical (unpaired) electrons. The molecule has 6 atom stereocenters. The molecule has 1 aliphatic rings. The predicted octanol–water partition coefficient (Wildman–Crippen LogP) is 0.295. The SMILES string of the molecule is CC(CCO[C@H]1O[C@H](CO)[C@@H](O)[C@H](O)[C@@H]1O)NCCCCCCNCCNCCNCCCCCCNCCCCCC(=O)O. The molecule has 1 fully saturated rings. The van der Waals surface area contributed by atoms with Gasteiger partial charge in [-0.15, -0.1) is 0 Å². The molecule has 0 aromatic carbocycles. The highest BCUT2D eigenvalue weighted by Crippen LogP contribution is 2.22. The van der Waals surface area contributed by atoms with Gasteiger partial charge in [0.05, 0.1) is 13.2 Å². The minimum Gasteiger partial charge on any atom is -0.481 e. The highest BCUT2D eigenvalue weighted by Gasteiger charge is 2.43. The molecule has 13 heteroatoms. The summed E-state index contributed by atoms with van der Waals surface area (Å²) in [4.78, 5) is 10.5. The number of aliphatic hydroxyl groups excluding tert-OH is 4. The first-order valence-corrected chi connectivity index (χ1v) is 17.6. The van der Waals surface area contributed by atoms with Gasteiger partial charge in [-0.2, -0.15) is 0 Å². The van der Waals surface area contributed by atoms with Crippen molar-refractivity contribution >= 4 is 5.97 Å². The van der Waals surface area contributed by atoms with Crippen LogP contribution in [0.15, 0.2) is 0 Å². The van der Waals surface area contributed by atoms with Crippen LogP contribution >= 0.6 is 0 Å². The molecule has 1 unspecified atom stereocenters. The van der Waals surface area contributed by atoms with Crippen molar-refractivity contribution in [2.75, 3.05) is 72.1 Å². The molecule has 1 aliphatic heterocycles. The maximum atomic E-state index is 10.5. The van der Waals surface area contributed by atoms with Crippen molar-refractivity contribution in [1.82, 2.24) is 26.6 Å². The number of ether oxygens (including phenoxy) is 2. The Labute approximate surface area is 271 Å². The number of nitrogens with one attached hydrogen (secondary N) is 5. The van der Waals surface area contributed by atoms with Crippen LogP contribution in [0.25, 0.3) is 0 Å². The smallest absolute Gasteiger partial charge is 0.303 e. The molecule has 1 heterocycles.